The quantitative estimate of drug-likeness (QED) is 0.621. The predicted molar refractivity (Wildman–Crippen MR) is 82.9 cm³/mol. The van der Waals surface area contributed by atoms with Crippen molar-refractivity contribution in [3.8, 4) is 11.3 Å². The number of hydrogen-bond donors (Lipinski definition) is 1. The molecule has 3 heterocycles. The van der Waals surface area contributed by atoms with Gasteiger partial charge in [0.05, 0.1) is 24.8 Å². The number of benzene rings is 1. The van der Waals surface area contributed by atoms with E-state index in [0.29, 0.717) is 0 Å². The summed E-state index contributed by atoms with van der Waals surface area (Å²) in [6, 6.07) is 12.3. The highest BCUT2D eigenvalue weighted by molar-refractivity contribution is 5.94. The molecular weight excluding hydrogens is 260 g/mol. The molecule has 4 heteroatoms. The van der Waals surface area contributed by atoms with Crippen molar-refractivity contribution in [2.24, 2.45) is 0 Å². The van der Waals surface area contributed by atoms with Crippen LogP contribution in [0, 0.1) is 0 Å². The van der Waals surface area contributed by atoms with Crippen LogP contribution in [0.1, 0.15) is 5.56 Å². The summed E-state index contributed by atoms with van der Waals surface area (Å²) in [5, 5.41) is 1.21. The predicted octanol–water partition coefficient (Wildman–Crippen LogP) is 3.47. The molecule has 0 aliphatic rings. The Balaban J connectivity index is 1.78. The smallest absolute Gasteiger partial charge is 0.0954 e. The van der Waals surface area contributed by atoms with Crippen LogP contribution in [-0.2, 0) is 6.54 Å². The number of fused-ring (bicyclic) bond motifs is 1. The number of nitrogens with zero attached hydrogens (tertiary/aromatic N) is 3. The van der Waals surface area contributed by atoms with Crippen molar-refractivity contribution in [2.75, 3.05) is 0 Å². The molecule has 0 bridgehead atoms. The first-order valence-corrected chi connectivity index (χ1v) is 6.87. The monoisotopic (exact) mass is 274 g/mol. The minimum absolute atomic E-state index is 0.767. The number of para-hydroxylation sites is 1. The second-order valence-electron chi connectivity index (χ2n) is 5.02. The van der Waals surface area contributed by atoms with Crippen molar-refractivity contribution in [3.05, 3.63) is 73.1 Å². The van der Waals surface area contributed by atoms with Gasteiger partial charge in [0.25, 0.3) is 0 Å². The largest absolute Gasteiger partial charge is 0.360 e. The average molecular weight is 274 g/mol. The van der Waals surface area contributed by atoms with Crippen LogP contribution in [0.15, 0.2) is 67.5 Å². The van der Waals surface area contributed by atoms with Crippen LogP contribution in [0.5, 0.6) is 0 Å². The van der Waals surface area contributed by atoms with Crippen LogP contribution < -0.4 is 0 Å². The van der Waals surface area contributed by atoms with Gasteiger partial charge in [-0.3, -0.25) is 4.98 Å². The number of nitrogens with one attached hydrogen (secondary N) is 1. The Kier molecular flexibility index (Phi) is 2.78. The Morgan fingerprint density at radius 2 is 1.95 bits per heavy atom. The van der Waals surface area contributed by atoms with Gasteiger partial charge in [-0.2, -0.15) is 0 Å². The molecule has 0 fully saturated rings. The molecule has 0 aliphatic carbocycles. The lowest BCUT2D eigenvalue weighted by molar-refractivity contribution is 0.801. The van der Waals surface area contributed by atoms with Crippen LogP contribution in [0.25, 0.3) is 22.2 Å². The molecule has 0 spiro atoms. The van der Waals surface area contributed by atoms with Crippen molar-refractivity contribution in [1.29, 1.82) is 0 Å². The molecule has 0 radical (unpaired) electrons. The number of aromatic amines is 1. The number of rotatable bonds is 3. The highest BCUT2D eigenvalue weighted by Crippen LogP contribution is 2.28. The minimum Gasteiger partial charge on any atom is -0.360 e. The zero-order valence-electron chi connectivity index (χ0n) is 11.4. The first-order chi connectivity index (χ1) is 10.4. The number of aromatic nitrogens is 4. The van der Waals surface area contributed by atoms with Gasteiger partial charge in [-0.25, -0.2) is 4.98 Å². The number of H-pyrrole nitrogens is 1. The number of pyridine rings is 1. The van der Waals surface area contributed by atoms with Crippen molar-refractivity contribution in [3.63, 3.8) is 0 Å². The fourth-order valence-electron chi connectivity index (χ4n) is 2.64. The van der Waals surface area contributed by atoms with E-state index in [1.54, 1.807) is 6.20 Å². The molecule has 0 saturated heterocycles. The van der Waals surface area contributed by atoms with Crippen molar-refractivity contribution in [1.82, 2.24) is 19.5 Å². The average Bonchev–Trinajstić information content (AvgIpc) is 3.14. The van der Waals surface area contributed by atoms with Gasteiger partial charge in [-0.15, -0.1) is 0 Å². The molecule has 1 N–H and O–H groups in total. The molecule has 102 valence electrons. The summed E-state index contributed by atoms with van der Waals surface area (Å²) in [7, 11) is 0. The van der Waals surface area contributed by atoms with Gasteiger partial charge in [0.15, 0.2) is 0 Å². The van der Waals surface area contributed by atoms with E-state index in [4.69, 9.17) is 0 Å². The van der Waals surface area contributed by atoms with Crippen LogP contribution in [0.2, 0.25) is 0 Å². The Bertz CT molecular complexity index is 874. The number of hydrogen-bond acceptors (Lipinski definition) is 2. The molecule has 0 atom stereocenters. The van der Waals surface area contributed by atoms with Gasteiger partial charge in [0, 0.05) is 35.1 Å². The molecule has 4 aromatic rings. The molecule has 0 saturated carbocycles. The van der Waals surface area contributed by atoms with Crippen LogP contribution in [0.4, 0.5) is 0 Å². The van der Waals surface area contributed by atoms with Crippen LogP contribution in [0.3, 0.4) is 0 Å². The Hall–Kier alpha value is -2.88. The third-order valence-corrected chi connectivity index (χ3v) is 3.65. The fraction of sp³-hybridized carbons (Fsp3) is 0.0588. The molecular formula is C17H14N4. The highest BCUT2D eigenvalue weighted by Gasteiger charge is 2.10. The third-order valence-electron chi connectivity index (χ3n) is 3.65. The standard InChI is InChI=1S/C17H14N4/c1-2-6-16-14(5-1)15(9-20-16)17-10-19-12-21(17)11-13-4-3-7-18-8-13/h1-10,12,20H,11H2. The summed E-state index contributed by atoms with van der Waals surface area (Å²) in [6.07, 6.45) is 9.49. The SMILES string of the molecule is c1cncc(Cn2cncc2-c2c[nH]c3ccccc23)c1. The summed E-state index contributed by atoms with van der Waals surface area (Å²) in [5.74, 6) is 0. The Labute approximate surface area is 122 Å². The molecule has 0 amide bonds. The second-order valence-corrected chi connectivity index (χ2v) is 5.02. The van der Waals surface area contributed by atoms with Crippen molar-refractivity contribution in [2.45, 2.75) is 6.54 Å². The van der Waals surface area contributed by atoms with Crippen LogP contribution >= 0.6 is 0 Å². The summed E-state index contributed by atoms with van der Waals surface area (Å²) < 4.78 is 2.15. The molecule has 1 aromatic carbocycles. The summed E-state index contributed by atoms with van der Waals surface area (Å²) in [4.78, 5) is 11.8. The zero-order valence-corrected chi connectivity index (χ0v) is 11.4. The van der Waals surface area contributed by atoms with Gasteiger partial charge in [-0.1, -0.05) is 24.3 Å². The lowest BCUT2D eigenvalue weighted by atomic mass is 10.1. The first-order valence-electron chi connectivity index (χ1n) is 6.87. The van der Waals surface area contributed by atoms with E-state index in [-0.39, 0.29) is 0 Å². The Morgan fingerprint density at radius 3 is 2.86 bits per heavy atom. The van der Waals surface area contributed by atoms with E-state index in [2.05, 4.69) is 43.8 Å². The molecule has 3 aromatic heterocycles. The minimum atomic E-state index is 0.767. The van der Waals surface area contributed by atoms with Gasteiger partial charge in [0.1, 0.15) is 0 Å². The van der Waals surface area contributed by atoms with E-state index in [1.165, 1.54) is 10.9 Å². The lowest BCUT2D eigenvalue weighted by Gasteiger charge is -2.07. The summed E-state index contributed by atoms with van der Waals surface area (Å²) in [5.41, 5.74) is 4.58. The van der Waals surface area contributed by atoms with Gasteiger partial charge < -0.3 is 9.55 Å². The summed E-state index contributed by atoms with van der Waals surface area (Å²) in [6.45, 7) is 0.767. The van der Waals surface area contributed by atoms with Crippen LogP contribution in [-0.4, -0.2) is 19.5 Å². The molecule has 4 nitrogen and oxygen atoms in total. The number of imidazole rings is 1. The molecule has 4 rings (SSSR count). The van der Waals surface area contributed by atoms with E-state index >= 15 is 0 Å². The maximum atomic E-state index is 4.31. The van der Waals surface area contributed by atoms with Gasteiger partial charge in [0.2, 0.25) is 0 Å². The maximum absolute atomic E-state index is 4.31. The Morgan fingerprint density at radius 1 is 1.00 bits per heavy atom. The molecule has 0 aliphatic heterocycles. The third kappa shape index (κ3) is 2.10. The van der Waals surface area contributed by atoms with E-state index < -0.39 is 0 Å². The summed E-state index contributed by atoms with van der Waals surface area (Å²) >= 11 is 0. The second kappa shape index (κ2) is 4.90. The van der Waals surface area contributed by atoms with E-state index in [1.807, 2.05) is 37.1 Å². The van der Waals surface area contributed by atoms with Gasteiger partial charge >= 0.3 is 0 Å². The van der Waals surface area contributed by atoms with Gasteiger partial charge in [-0.05, 0) is 17.7 Å². The topological polar surface area (TPSA) is 46.5 Å². The zero-order chi connectivity index (χ0) is 14.1. The van der Waals surface area contributed by atoms with E-state index in [9.17, 15) is 0 Å². The normalized spacial score (nSPS) is 11.0. The molecule has 21 heavy (non-hydrogen) atoms. The first kappa shape index (κ1) is 11.9. The molecule has 0 unspecified atom stereocenters. The lowest BCUT2D eigenvalue weighted by Crippen LogP contribution is -2.00. The fourth-order valence-corrected chi connectivity index (χ4v) is 2.64. The maximum Gasteiger partial charge on any atom is 0.0954 e. The highest BCUT2D eigenvalue weighted by atomic mass is 15.0. The van der Waals surface area contributed by atoms with Crippen molar-refractivity contribution >= 4 is 10.9 Å². The van der Waals surface area contributed by atoms with Crippen molar-refractivity contribution < 1.29 is 0 Å². The van der Waals surface area contributed by atoms with E-state index in [0.717, 1.165) is 23.3 Å².